The Balaban J connectivity index is 1.90. The van der Waals surface area contributed by atoms with Crippen molar-refractivity contribution in [1.82, 2.24) is 28.9 Å². The maximum atomic E-state index is 13.2. The zero-order valence-electron chi connectivity index (χ0n) is 15.8. The Hall–Kier alpha value is -3.53. The summed E-state index contributed by atoms with van der Waals surface area (Å²) in [6.07, 6.45) is 0.0524. The van der Waals surface area contributed by atoms with Crippen LogP contribution in [0.25, 0.3) is 28.3 Å². The maximum Gasteiger partial charge on any atom is 0.256 e. The highest BCUT2D eigenvalue weighted by Gasteiger charge is 2.21. The summed E-state index contributed by atoms with van der Waals surface area (Å²) in [4.78, 5) is 8.44. The molecule has 0 aliphatic carbocycles. The van der Waals surface area contributed by atoms with Gasteiger partial charge in [-0.25, -0.2) is 32.2 Å². The molecule has 0 amide bonds. The number of aromatic nitrogens is 5. The molecule has 0 saturated heterocycles. The molecule has 12 heteroatoms. The molecule has 3 heterocycles. The molecule has 0 aliphatic rings. The monoisotopic (exact) mass is 443 g/mol. The van der Waals surface area contributed by atoms with Gasteiger partial charge < -0.3 is 4.57 Å². The lowest BCUT2D eigenvalue weighted by Gasteiger charge is -2.12. The zero-order valence-corrected chi connectivity index (χ0v) is 16.6. The second kappa shape index (κ2) is 8.68. The molecule has 2 N–H and O–H groups in total. The van der Waals surface area contributed by atoms with E-state index in [1.807, 2.05) is 6.07 Å². The molecule has 0 saturated carbocycles. The predicted octanol–water partition coefficient (Wildman–Crippen LogP) is 2.62. The molecular formula is C19H15F2N7O2S. The van der Waals surface area contributed by atoms with Gasteiger partial charge in [-0.05, 0) is 17.7 Å². The fraction of sp³-hybridized carbons (Fsp3) is 0.158. The number of benzene rings is 1. The molecule has 1 aromatic carbocycles. The number of hydrogen-bond acceptors (Lipinski definition) is 5. The van der Waals surface area contributed by atoms with Crippen LogP contribution in [0.15, 0.2) is 48.9 Å². The molecule has 4 rings (SSSR count). The minimum atomic E-state index is -2.62. The average Bonchev–Trinajstić information content (AvgIpc) is 3.35. The molecule has 31 heavy (non-hydrogen) atoms. The van der Waals surface area contributed by atoms with Crippen LogP contribution in [0.2, 0.25) is 0 Å². The van der Waals surface area contributed by atoms with Crippen molar-refractivity contribution >= 4 is 16.9 Å². The van der Waals surface area contributed by atoms with Crippen molar-refractivity contribution in [1.29, 1.82) is 5.26 Å². The Morgan fingerprint density at radius 1 is 1.23 bits per heavy atom. The quantitative estimate of drug-likeness (QED) is 0.424. The number of fused-ring (bicyclic) bond motifs is 1. The third-order valence-corrected chi connectivity index (χ3v) is 4.94. The second-order valence-electron chi connectivity index (χ2n) is 6.46. The van der Waals surface area contributed by atoms with Crippen LogP contribution in [-0.2, 0) is 24.4 Å². The predicted molar refractivity (Wildman–Crippen MR) is 108 cm³/mol. The SMILES string of the molecule is N#Cc1cnc2ccc(-c3c(-c4ccccc4CNS(=O)O)ncn3CC(F)F)nn12. The third kappa shape index (κ3) is 4.19. The van der Waals surface area contributed by atoms with E-state index in [0.29, 0.717) is 33.9 Å². The molecule has 9 nitrogen and oxygen atoms in total. The standard InChI is InChI=1S/C19H15F2N7O2S/c20-16(21)10-27-11-24-18(14-4-2-1-3-12(14)8-25-31(29)30)19(27)15-5-6-17-23-9-13(7-22)28(17)26-15/h1-6,9,11,16,25H,8,10H2,(H,29,30). The number of rotatable bonds is 7. The van der Waals surface area contributed by atoms with Crippen LogP contribution in [-0.4, -0.2) is 39.3 Å². The topological polar surface area (TPSA) is 121 Å². The first-order valence-corrected chi connectivity index (χ1v) is 10.1. The number of alkyl halides is 2. The van der Waals surface area contributed by atoms with Gasteiger partial charge in [0.05, 0.1) is 30.5 Å². The van der Waals surface area contributed by atoms with E-state index in [1.165, 1.54) is 21.6 Å². The van der Waals surface area contributed by atoms with Crippen LogP contribution in [0.5, 0.6) is 0 Å². The highest BCUT2D eigenvalue weighted by Crippen LogP contribution is 2.33. The van der Waals surface area contributed by atoms with Gasteiger partial charge in [0, 0.05) is 12.1 Å². The normalized spacial score (nSPS) is 12.4. The molecule has 1 unspecified atom stereocenters. The fourth-order valence-electron chi connectivity index (χ4n) is 3.26. The Bertz CT molecular complexity index is 1310. The van der Waals surface area contributed by atoms with Crippen molar-refractivity contribution in [3.8, 4) is 28.7 Å². The summed E-state index contributed by atoms with van der Waals surface area (Å²) in [6, 6.07) is 12.2. The van der Waals surface area contributed by atoms with Crippen LogP contribution in [0.3, 0.4) is 0 Å². The summed E-state index contributed by atoms with van der Waals surface area (Å²) in [5.41, 5.74) is 2.92. The van der Waals surface area contributed by atoms with E-state index in [-0.39, 0.29) is 12.2 Å². The van der Waals surface area contributed by atoms with Crippen molar-refractivity contribution in [3.05, 3.63) is 60.2 Å². The smallest absolute Gasteiger partial charge is 0.256 e. The first-order chi connectivity index (χ1) is 15.0. The van der Waals surface area contributed by atoms with E-state index in [1.54, 1.807) is 36.4 Å². The van der Waals surface area contributed by atoms with Crippen LogP contribution in [0.4, 0.5) is 8.78 Å². The average molecular weight is 443 g/mol. The van der Waals surface area contributed by atoms with Gasteiger partial charge in [-0.15, -0.1) is 0 Å². The Labute approximate surface area is 177 Å². The Morgan fingerprint density at radius 3 is 2.77 bits per heavy atom. The summed E-state index contributed by atoms with van der Waals surface area (Å²) in [5, 5.41) is 13.7. The number of hydrogen-bond donors (Lipinski definition) is 2. The molecule has 0 bridgehead atoms. The zero-order chi connectivity index (χ0) is 22.0. The first kappa shape index (κ1) is 20.7. The second-order valence-corrected chi connectivity index (χ2v) is 7.24. The fourth-order valence-corrected chi connectivity index (χ4v) is 3.53. The highest BCUT2D eigenvalue weighted by molar-refractivity contribution is 7.77. The minimum Gasteiger partial charge on any atom is -0.323 e. The summed E-state index contributed by atoms with van der Waals surface area (Å²) < 4.78 is 51.6. The molecule has 0 fully saturated rings. The van der Waals surface area contributed by atoms with Gasteiger partial charge in [-0.3, -0.25) is 4.55 Å². The number of halogens is 2. The maximum absolute atomic E-state index is 13.2. The molecule has 3 aromatic heterocycles. The molecule has 0 radical (unpaired) electrons. The number of imidazole rings is 2. The van der Waals surface area contributed by atoms with Gasteiger partial charge in [0.2, 0.25) is 11.3 Å². The molecular weight excluding hydrogens is 428 g/mol. The Morgan fingerprint density at radius 2 is 2.03 bits per heavy atom. The summed E-state index contributed by atoms with van der Waals surface area (Å²) in [5.74, 6) is 0. The molecule has 158 valence electrons. The van der Waals surface area contributed by atoms with E-state index in [4.69, 9.17) is 4.55 Å². The van der Waals surface area contributed by atoms with Crippen LogP contribution in [0.1, 0.15) is 11.3 Å². The van der Waals surface area contributed by atoms with Crippen LogP contribution < -0.4 is 4.72 Å². The number of nitriles is 1. The van der Waals surface area contributed by atoms with Gasteiger partial charge in [-0.2, -0.15) is 10.4 Å². The summed E-state index contributed by atoms with van der Waals surface area (Å²) in [6.45, 7) is -0.537. The van der Waals surface area contributed by atoms with E-state index in [0.717, 1.165) is 0 Å². The van der Waals surface area contributed by atoms with Crippen molar-refractivity contribution in [2.45, 2.75) is 19.5 Å². The van der Waals surface area contributed by atoms with Gasteiger partial charge in [0.15, 0.2) is 11.3 Å². The van der Waals surface area contributed by atoms with Crippen molar-refractivity contribution in [2.75, 3.05) is 0 Å². The van der Waals surface area contributed by atoms with Gasteiger partial charge in [-0.1, -0.05) is 24.3 Å². The largest absolute Gasteiger partial charge is 0.323 e. The van der Waals surface area contributed by atoms with Crippen molar-refractivity contribution < 1.29 is 17.5 Å². The lowest BCUT2D eigenvalue weighted by Crippen LogP contribution is -2.16. The van der Waals surface area contributed by atoms with Crippen LogP contribution >= 0.6 is 0 Å². The minimum absolute atomic E-state index is 0.0625. The third-order valence-electron chi connectivity index (χ3n) is 4.55. The van der Waals surface area contributed by atoms with Crippen molar-refractivity contribution in [2.24, 2.45) is 0 Å². The van der Waals surface area contributed by atoms with E-state index in [2.05, 4.69) is 19.8 Å². The van der Waals surface area contributed by atoms with Gasteiger partial charge >= 0.3 is 0 Å². The lowest BCUT2D eigenvalue weighted by molar-refractivity contribution is 0.127. The van der Waals surface area contributed by atoms with Crippen LogP contribution in [0, 0.1) is 11.3 Å². The van der Waals surface area contributed by atoms with Gasteiger partial charge in [0.25, 0.3) is 6.43 Å². The van der Waals surface area contributed by atoms with Gasteiger partial charge in [0.1, 0.15) is 11.8 Å². The Kier molecular flexibility index (Phi) is 5.81. The highest BCUT2D eigenvalue weighted by atomic mass is 32.2. The summed E-state index contributed by atoms with van der Waals surface area (Å²) in [7, 11) is 0. The first-order valence-electron chi connectivity index (χ1n) is 8.99. The molecule has 4 aromatic rings. The molecule has 1 atom stereocenters. The number of nitrogens with zero attached hydrogens (tertiary/aromatic N) is 6. The van der Waals surface area contributed by atoms with E-state index in [9.17, 15) is 18.3 Å². The summed E-state index contributed by atoms with van der Waals surface area (Å²) >= 11 is -2.22. The van der Waals surface area contributed by atoms with Crippen molar-refractivity contribution in [3.63, 3.8) is 0 Å². The molecule has 0 spiro atoms. The van der Waals surface area contributed by atoms with E-state index >= 15 is 0 Å². The number of nitrogens with one attached hydrogen (secondary N) is 1. The molecule has 0 aliphatic heterocycles. The lowest BCUT2D eigenvalue weighted by atomic mass is 10.0. The van der Waals surface area contributed by atoms with E-state index < -0.39 is 24.2 Å².